The molecule has 1 fully saturated rings. The molecule has 0 aliphatic carbocycles. The van der Waals surface area contributed by atoms with Crippen LogP contribution in [0.2, 0.25) is 18.1 Å². The number of aromatic nitrogens is 2. The van der Waals surface area contributed by atoms with E-state index in [1.165, 1.54) is 23.0 Å². The Morgan fingerprint density at radius 1 is 1.44 bits per heavy atom. The highest BCUT2D eigenvalue weighted by atomic mass is 28.4. The minimum Gasteiger partial charge on any atom is -0.411 e. The molecule has 0 spiro atoms. The van der Waals surface area contributed by atoms with E-state index in [0.717, 1.165) is 0 Å². The summed E-state index contributed by atoms with van der Waals surface area (Å²) in [6.45, 7) is 14.6. The van der Waals surface area contributed by atoms with Gasteiger partial charge in [0.25, 0.3) is 5.56 Å². The lowest BCUT2D eigenvalue weighted by Crippen LogP contribution is -2.48. The summed E-state index contributed by atoms with van der Waals surface area (Å²) < 4.78 is 14.3. The van der Waals surface area contributed by atoms with Crippen LogP contribution in [0, 0.1) is 5.92 Å². The van der Waals surface area contributed by atoms with Crippen molar-refractivity contribution in [3.8, 4) is 0 Å². The summed E-state index contributed by atoms with van der Waals surface area (Å²) >= 11 is 0. The van der Waals surface area contributed by atoms with Crippen molar-refractivity contribution in [2.75, 3.05) is 0 Å². The monoisotopic (exact) mass is 397 g/mol. The van der Waals surface area contributed by atoms with Gasteiger partial charge in [-0.2, -0.15) is 0 Å². The van der Waals surface area contributed by atoms with Gasteiger partial charge in [-0.15, -0.1) is 0 Å². The Bertz CT molecular complexity index is 810. The van der Waals surface area contributed by atoms with Crippen molar-refractivity contribution >= 4 is 14.5 Å². The summed E-state index contributed by atoms with van der Waals surface area (Å²) in [5.41, 5.74) is -1.90. The van der Waals surface area contributed by atoms with Crippen molar-refractivity contribution in [2.24, 2.45) is 11.1 Å². The Hall–Kier alpha value is -1.71. The molecular weight excluding hydrogens is 366 g/mol. The van der Waals surface area contributed by atoms with Crippen molar-refractivity contribution in [2.45, 2.75) is 77.1 Å². The predicted molar refractivity (Wildman–Crippen MR) is 106 cm³/mol. The predicted octanol–water partition coefficient (Wildman–Crippen LogP) is 2.70. The molecule has 1 aliphatic heterocycles. The van der Waals surface area contributed by atoms with E-state index in [0.29, 0.717) is 6.42 Å². The molecule has 0 bridgehead atoms. The number of hydrogen-bond donors (Lipinski definition) is 2. The van der Waals surface area contributed by atoms with Crippen LogP contribution >= 0.6 is 0 Å². The summed E-state index contributed by atoms with van der Waals surface area (Å²) in [6.07, 6.45) is 2.16. The maximum absolute atomic E-state index is 12.4. The van der Waals surface area contributed by atoms with Crippen LogP contribution in [0.5, 0.6) is 0 Å². The maximum atomic E-state index is 12.4. The fourth-order valence-electron chi connectivity index (χ4n) is 3.19. The van der Waals surface area contributed by atoms with E-state index in [4.69, 9.17) is 9.16 Å². The first-order valence-electron chi connectivity index (χ1n) is 9.24. The summed E-state index contributed by atoms with van der Waals surface area (Å²) in [5, 5.41) is 12.4. The van der Waals surface area contributed by atoms with Gasteiger partial charge in [-0.25, -0.2) is 4.79 Å². The van der Waals surface area contributed by atoms with Gasteiger partial charge in [-0.1, -0.05) is 39.8 Å². The highest BCUT2D eigenvalue weighted by Gasteiger charge is 2.55. The quantitative estimate of drug-likeness (QED) is 0.344. The molecule has 8 nitrogen and oxygen atoms in total. The van der Waals surface area contributed by atoms with Gasteiger partial charge >= 0.3 is 5.69 Å². The third-order valence-corrected chi connectivity index (χ3v) is 10.5. The van der Waals surface area contributed by atoms with Gasteiger partial charge in [-0.05, 0) is 24.6 Å². The Kier molecular flexibility index (Phi) is 5.89. The molecule has 152 valence electrons. The van der Waals surface area contributed by atoms with Crippen molar-refractivity contribution in [3.63, 3.8) is 0 Å². The van der Waals surface area contributed by atoms with E-state index in [-0.39, 0.29) is 11.0 Å². The lowest BCUT2D eigenvalue weighted by atomic mass is 9.86. The van der Waals surface area contributed by atoms with Gasteiger partial charge in [0, 0.05) is 18.2 Å². The van der Waals surface area contributed by atoms with Gasteiger partial charge in [0.15, 0.2) is 14.5 Å². The smallest absolute Gasteiger partial charge is 0.330 e. The first-order valence-corrected chi connectivity index (χ1v) is 12.1. The van der Waals surface area contributed by atoms with E-state index in [9.17, 15) is 14.8 Å². The zero-order chi connectivity index (χ0) is 20.6. The Balaban J connectivity index is 2.56. The lowest BCUT2D eigenvalue weighted by Gasteiger charge is -2.40. The molecule has 0 amide bonds. The second-order valence-corrected chi connectivity index (χ2v) is 13.5. The Morgan fingerprint density at radius 3 is 2.56 bits per heavy atom. The third kappa shape index (κ3) is 3.95. The molecule has 9 heteroatoms. The van der Waals surface area contributed by atoms with Crippen molar-refractivity contribution in [1.29, 1.82) is 0 Å². The van der Waals surface area contributed by atoms with Gasteiger partial charge < -0.3 is 14.4 Å². The fraction of sp³-hybridized carbons (Fsp3) is 0.722. The van der Waals surface area contributed by atoms with Crippen LogP contribution in [0.3, 0.4) is 0 Å². The fourth-order valence-corrected chi connectivity index (χ4v) is 4.54. The minimum absolute atomic E-state index is 0.0320. The van der Waals surface area contributed by atoms with Gasteiger partial charge in [0.05, 0.1) is 12.3 Å². The topological polar surface area (TPSA) is 106 Å². The van der Waals surface area contributed by atoms with Crippen molar-refractivity contribution < 1.29 is 14.4 Å². The number of nitrogens with zero attached hydrogens (tertiary/aromatic N) is 2. The van der Waals surface area contributed by atoms with Crippen LogP contribution in [-0.4, -0.2) is 41.0 Å². The van der Waals surface area contributed by atoms with Crippen LogP contribution in [0.1, 0.15) is 47.3 Å². The molecule has 2 heterocycles. The second kappa shape index (κ2) is 7.37. The molecule has 4 atom stereocenters. The number of ether oxygens (including phenoxy) is 1. The zero-order valence-corrected chi connectivity index (χ0v) is 18.1. The summed E-state index contributed by atoms with van der Waals surface area (Å²) in [4.78, 5) is 26.1. The van der Waals surface area contributed by atoms with Crippen LogP contribution in [0.25, 0.3) is 0 Å². The highest BCUT2D eigenvalue weighted by Crippen LogP contribution is 2.47. The maximum Gasteiger partial charge on any atom is 0.330 e. The molecule has 0 radical (unpaired) electrons. The molecule has 1 aromatic heterocycles. The molecule has 0 aromatic carbocycles. The average Bonchev–Trinajstić information content (AvgIpc) is 2.80. The van der Waals surface area contributed by atoms with Crippen molar-refractivity contribution in [3.05, 3.63) is 33.1 Å². The first kappa shape index (κ1) is 21.6. The van der Waals surface area contributed by atoms with E-state index >= 15 is 0 Å². The number of aromatic amines is 1. The minimum atomic E-state index is -2.19. The number of oxime groups is 1. The van der Waals surface area contributed by atoms with E-state index in [1.54, 1.807) is 0 Å². The lowest BCUT2D eigenvalue weighted by molar-refractivity contribution is -0.0597. The molecule has 0 saturated carbocycles. The van der Waals surface area contributed by atoms with Crippen LogP contribution in [-0.2, 0) is 9.16 Å². The standard InChI is InChI=1S/C18H31N3O5Si/c1-8-18(11-19-24)12(2)14(26-27(6,7)17(3,4)5)15(25-18)21-10-9-13(22)20-16(21)23/h9-12,14-15,24H,8H2,1-7H3,(H,20,22,23)/b19-11+/t12-,14+,15+,18-/m0/s1. The average molecular weight is 398 g/mol. The van der Waals surface area contributed by atoms with Crippen LogP contribution in [0.15, 0.2) is 27.0 Å². The Morgan fingerprint density at radius 2 is 2.07 bits per heavy atom. The molecule has 1 saturated heterocycles. The van der Waals surface area contributed by atoms with E-state index < -0.39 is 37.5 Å². The van der Waals surface area contributed by atoms with Crippen LogP contribution in [0.4, 0.5) is 0 Å². The van der Waals surface area contributed by atoms with E-state index in [2.05, 4.69) is 44.0 Å². The molecular formula is C18H31N3O5Si. The van der Waals surface area contributed by atoms with E-state index in [1.807, 2.05) is 13.8 Å². The summed E-state index contributed by atoms with van der Waals surface area (Å²) in [7, 11) is -2.19. The SMILES string of the molecule is CC[C@@]1(/C=N/O)O[C@@H](n2ccc(=O)[nH]c2=O)[C@H](O[Si](C)(C)C(C)(C)C)[C@@H]1C. The largest absolute Gasteiger partial charge is 0.411 e. The molecule has 2 rings (SSSR count). The normalized spacial score (nSPS) is 29.5. The number of rotatable bonds is 5. The molecule has 1 aliphatic rings. The number of hydrogen-bond acceptors (Lipinski definition) is 6. The first-order chi connectivity index (χ1) is 12.4. The van der Waals surface area contributed by atoms with Gasteiger partial charge in [-0.3, -0.25) is 14.3 Å². The van der Waals surface area contributed by atoms with Gasteiger partial charge in [0.2, 0.25) is 0 Å². The van der Waals surface area contributed by atoms with Gasteiger partial charge in [0.1, 0.15) is 5.60 Å². The van der Waals surface area contributed by atoms with Crippen molar-refractivity contribution in [1.82, 2.24) is 9.55 Å². The Labute approximate surface area is 160 Å². The molecule has 0 unspecified atom stereocenters. The molecule has 2 N–H and O–H groups in total. The highest BCUT2D eigenvalue weighted by molar-refractivity contribution is 6.74. The number of H-pyrrole nitrogens is 1. The second-order valence-electron chi connectivity index (χ2n) is 8.71. The summed E-state index contributed by atoms with van der Waals surface area (Å²) in [5.74, 6) is -0.170. The third-order valence-electron chi connectivity index (χ3n) is 6.08. The molecule has 27 heavy (non-hydrogen) atoms. The number of nitrogens with one attached hydrogen (secondary N) is 1. The summed E-state index contributed by atoms with van der Waals surface area (Å²) in [6, 6.07) is 1.28. The van der Waals surface area contributed by atoms with Crippen LogP contribution < -0.4 is 11.2 Å². The zero-order valence-electron chi connectivity index (χ0n) is 17.1. The molecule has 1 aromatic rings.